The van der Waals surface area contributed by atoms with E-state index >= 15 is 0 Å². The molecule has 13 heavy (non-hydrogen) atoms. The highest BCUT2D eigenvalue weighted by molar-refractivity contribution is 6.61. The van der Waals surface area contributed by atoms with E-state index in [2.05, 4.69) is 0 Å². The number of hydrogen-bond acceptors (Lipinski definition) is 3. The first-order chi connectivity index (χ1) is 6.22. The van der Waals surface area contributed by atoms with E-state index < -0.39 is 19.0 Å². The highest BCUT2D eigenvalue weighted by Crippen LogP contribution is 2.22. The van der Waals surface area contributed by atoms with Gasteiger partial charge in [-0.05, 0) is 23.2 Å². The van der Waals surface area contributed by atoms with Gasteiger partial charge >= 0.3 is 7.12 Å². The Kier molecular flexibility index (Phi) is 1.80. The lowest BCUT2D eigenvalue weighted by Crippen LogP contribution is -2.27. The number of rotatable bonds is 0. The third-order valence-corrected chi connectivity index (χ3v) is 1.98. The van der Waals surface area contributed by atoms with Crippen LogP contribution in [0, 0.1) is 17.1 Å². The van der Waals surface area contributed by atoms with Gasteiger partial charge in [-0.2, -0.15) is 5.26 Å². The van der Waals surface area contributed by atoms with Gasteiger partial charge in [-0.1, -0.05) is 6.07 Å². The summed E-state index contributed by atoms with van der Waals surface area (Å²) < 4.78 is 17.6. The second kappa shape index (κ2) is 2.84. The number of benzene rings is 1. The summed E-state index contributed by atoms with van der Waals surface area (Å²) in [6, 6.07) is 5.69. The molecule has 2 rings (SSSR count). The highest BCUT2D eigenvalue weighted by atomic mass is 19.1. The van der Waals surface area contributed by atoms with Crippen molar-refractivity contribution >= 4 is 12.6 Å². The van der Waals surface area contributed by atoms with Crippen LogP contribution in [0.3, 0.4) is 0 Å². The molecule has 0 fully saturated rings. The molecular formula is C8H5BFNO2. The van der Waals surface area contributed by atoms with Gasteiger partial charge in [0.15, 0.2) is 6.10 Å². The van der Waals surface area contributed by atoms with Gasteiger partial charge in [0.1, 0.15) is 5.82 Å². The average molecular weight is 177 g/mol. The van der Waals surface area contributed by atoms with Gasteiger partial charge < -0.3 is 9.68 Å². The van der Waals surface area contributed by atoms with Crippen LogP contribution in [-0.2, 0) is 4.65 Å². The van der Waals surface area contributed by atoms with Gasteiger partial charge in [0, 0.05) is 0 Å². The zero-order valence-electron chi connectivity index (χ0n) is 6.57. The van der Waals surface area contributed by atoms with E-state index in [1.165, 1.54) is 18.2 Å². The smallest absolute Gasteiger partial charge is 0.423 e. The molecule has 1 N–H and O–H groups in total. The van der Waals surface area contributed by atoms with E-state index in [4.69, 9.17) is 9.92 Å². The molecule has 1 aromatic carbocycles. The van der Waals surface area contributed by atoms with Crippen LogP contribution in [0.15, 0.2) is 18.2 Å². The van der Waals surface area contributed by atoms with Crippen molar-refractivity contribution in [2.75, 3.05) is 0 Å². The predicted molar refractivity (Wildman–Crippen MR) is 43.4 cm³/mol. The Labute approximate surface area is 74.5 Å². The normalized spacial score (nSPS) is 19.8. The molecule has 1 aliphatic heterocycles. The van der Waals surface area contributed by atoms with Crippen LogP contribution in [-0.4, -0.2) is 12.1 Å². The van der Waals surface area contributed by atoms with Crippen molar-refractivity contribution in [3.8, 4) is 6.07 Å². The van der Waals surface area contributed by atoms with Crippen molar-refractivity contribution in [2.45, 2.75) is 6.10 Å². The minimum absolute atomic E-state index is 0.412. The number of nitrogens with zero attached hydrogens (tertiary/aromatic N) is 1. The molecule has 5 heteroatoms. The van der Waals surface area contributed by atoms with E-state index in [1.54, 1.807) is 0 Å². The Morgan fingerprint density at radius 3 is 3.08 bits per heavy atom. The van der Waals surface area contributed by atoms with Gasteiger partial charge in [-0.15, -0.1) is 0 Å². The van der Waals surface area contributed by atoms with Gasteiger partial charge in [0.2, 0.25) is 0 Å². The minimum Gasteiger partial charge on any atom is -0.423 e. The molecule has 0 spiro atoms. The second-order valence-electron chi connectivity index (χ2n) is 2.77. The summed E-state index contributed by atoms with van der Waals surface area (Å²) in [5.74, 6) is -0.434. The highest BCUT2D eigenvalue weighted by Gasteiger charge is 2.35. The van der Waals surface area contributed by atoms with E-state index in [0.717, 1.165) is 0 Å². The molecule has 1 atom stereocenters. The fourth-order valence-corrected chi connectivity index (χ4v) is 1.37. The second-order valence-corrected chi connectivity index (χ2v) is 2.77. The summed E-state index contributed by atoms with van der Waals surface area (Å²) in [6.45, 7) is 0. The molecule has 3 nitrogen and oxygen atoms in total. The number of halogens is 1. The Bertz CT molecular complexity index is 390. The number of nitriles is 1. The first-order valence-electron chi connectivity index (χ1n) is 3.75. The number of fused-ring (bicyclic) bond motifs is 1. The fraction of sp³-hybridized carbons (Fsp3) is 0.125. The lowest BCUT2D eigenvalue weighted by atomic mass is 9.79. The molecule has 64 valence electrons. The molecule has 1 heterocycles. The summed E-state index contributed by atoms with van der Waals surface area (Å²) in [6.07, 6.45) is -0.860. The molecule has 0 aromatic heterocycles. The largest absolute Gasteiger partial charge is 0.492 e. The van der Waals surface area contributed by atoms with Crippen molar-refractivity contribution in [1.29, 1.82) is 5.26 Å². The maximum atomic E-state index is 12.8. The summed E-state index contributed by atoms with van der Waals surface area (Å²) in [4.78, 5) is 0. The van der Waals surface area contributed by atoms with E-state index in [-0.39, 0.29) is 0 Å². The van der Waals surface area contributed by atoms with E-state index in [1.807, 2.05) is 6.07 Å². The monoisotopic (exact) mass is 177 g/mol. The lowest BCUT2D eigenvalue weighted by Gasteiger charge is -2.00. The molecule has 0 radical (unpaired) electrons. The van der Waals surface area contributed by atoms with Crippen molar-refractivity contribution in [1.82, 2.24) is 0 Å². The lowest BCUT2D eigenvalue weighted by molar-refractivity contribution is 0.239. The van der Waals surface area contributed by atoms with Crippen molar-refractivity contribution in [3.05, 3.63) is 29.6 Å². The first kappa shape index (κ1) is 8.23. The van der Waals surface area contributed by atoms with Crippen LogP contribution in [0.1, 0.15) is 11.7 Å². The summed E-state index contributed by atoms with van der Waals surface area (Å²) in [5, 5.41) is 17.9. The van der Waals surface area contributed by atoms with Gasteiger partial charge in [-0.3, -0.25) is 0 Å². The van der Waals surface area contributed by atoms with Gasteiger partial charge in [-0.25, -0.2) is 4.39 Å². The van der Waals surface area contributed by atoms with Gasteiger partial charge in [0.05, 0.1) is 6.07 Å². The van der Waals surface area contributed by atoms with E-state index in [9.17, 15) is 9.41 Å². The fourth-order valence-electron chi connectivity index (χ4n) is 1.37. The van der Waals surface area contributed by atoms with Crippen LogP contribution in [0.5, 0.6) is 0 Å². The third-order valence-electron chi connectivity index (χ3n) is 1.98. The molecule has 1 aliphatic rings. The van der Waals surface area contributed by atoms with Crippen molar-refractivity contribution in [2.24, 2.45) is 0 Å². The van der Waals surface area contributed by atoms with Crippen LogP contribution in [0.25, 0.3) is 0 Å². The Hall–Kier alpha value is -1.38. The molecule has 0 amide bonds. The van der Waals surface area contributed by atoms with E-state index in [0.29, 0.717) is 11.0 Å². The Morgan fingerprint density at radius 1 is 1.62 bits per heavy atom. The van der Waals surface area contributed by atoms with Gasteiger partial charge in [0.25, 0.3) is 0 Å². The maximum Gasteiger partial charge on any atom is 0.492 e. The maximum absolute atomic E-state index is 12.8. The van der Waals surface area contributed by atoms with Crippen LogP contribution < -0.4 is 5.46 Å². The third kappa shape index (κ3) is 1.20. The predicted octanol–water partition coefficient (Wildman–Crippen LogP) is 0.108. The van der Waals surface area contributed by atoms with Crippen LogP contribution >= 0.6 is 0 Å². The minimum atomic E-state index is -1.11. The topological polar surface area (TPSA) is 53.2 Å². The zero-order valence-corrected chi connectivity index (χ0v) is 6.57. The van der Waals surface area contributed by atoms with Crippen molar-refractivity contribution < 1.29 is 14.1 Å². The van der Waals surface area contributed by atoms with Crippen LogP contribution in [0.2, 0.25) is 0 Å². The standard InChI is InChI=1S/C8H5BFNO2/c10-5-1-2-7-6(3-5)8(4-11)13-9(7)12/h1-3,8,12H. The molecule has 1 unspecified atom stereocenters. The molecule has 0 bridgehead atoms. The molecule has 0 aliphatic carbocycles. The summed E-state index contributed by atoms with van der Waals surface area (Å²) >= 11 is 0. The molecule has 0 saturated carbocycles. The summed E-state index contributed by atoms with van der Waals surface area (Å²) in [5.41, 5.74) is 0.878. The average Bonchev–Trinajstić information content (AvgIpc) is 2.42. The quantitative estimate of drug-likeness (QED) is 0.572. The number of hydrogen-bond donors (Lipinski definition) is 1. The molecule has 1 aromatic rings. The SMILES string of the molecule is N#CC1OB(O)c2ccc(F)cc21. The Morgan fingerprint density at radius 2 is 2.38 bits per heavy atom. The zero-order chi connectivity index (χ0) is 9.42. The van der Waals surface area contributed by atoms with Crippen molar-refractivity contribution in [3.63, 3.8) is 0 Å². The summed E-state index contributed by atoms with van der Waals surface area (Å²) in [7, 11) is -1.11. The molecule has 0 saturated heterocycles. The molecular weight excluding hydrogens is 172 g/mol. The Balaban J connectivity index is 2.54. The first-order valence-corrected chi connectivity index (χ1v) is 3.75. The van der Waals surface area contributed by atoms with Crippen LogP contribution in [0.4, 0.5) is 4.39 Å².